The number of carbonyl (C=O) groups excluding carboxylic acids is 3. The van der Waals surface area contributed by atoms with Crippen LogP contribution >= 0.6 is 0 Å². The molecule has 0 aliphatic carbocycles. The van der Waals surface area contributed by atoms with Crippen molar-refractivity contribution in [2.75, 3.05) is 19.6 Å². The van der Waals surface area contributed by atoms with E-state index in [9.17, 15) is 18.8 Å². The maximum absolute atomic E-state index is 13.1. The molecule has 0 spiro atoms. The second kappa shape index (κ2) is 11.9. The van der Waals surface area contributed by atoms with Crippen molar-refractivity contribution in [2.45, 2.75) is 52.1 Å². The molecule has 0 aliphatic rings. The van der Waals surface area contributed by atoms with Gasteiger partial charge in [0, 0.05) is 32.5 Å². The van der Waals surface area contributed by atoms with Crippen molar-refractivity contribution in [1.29, 1.82) is 0 Å². The van der Waals surface area contributed by atoms with Crippen LogP contribution < -0.4 is 16.0 Å². The number of nitrogens with one attached hydrogen (secondary N) is 3. The minimum Gasteiger partial charge on any atom is -0.444 e. The summed E-state index contributed by atoms with van der Waals surface area (Å²) in [5, 5.41) is 8.00. The molecule has 0 saturated heterocycles. The van der Waals surface area contributed by atoms with Crippen molar-refractivity contribution in [3.05, 3.63) is 35.6 Å². The highest BCUT2D eigenvalue weighted by Gasteiger charge is 2.15. The van der Waals surface area contributed by atoms with Crippen LogP contribution in [0.25, 0.3) is 0 Å². The Morgan fingerprint density at radius 2 is 1.61 bits per heavy atom. The maximum Gasteiger partial charge on any atom is 0.407 e. The molecule has 1 rings (SSSR count). The molecule has 3 amide bonds. The zero-order valence-electron chi connectivity index (χ0n) is 16.8. The van der Waals surface area contributed by atoms with Crippen molar-refractivity contribution >= 4 is 17.9 Å². The van der Waals surface area contributed by atoms with Crippen molar-refractivity contribution in [3.8, 4) is 0 Å². The van der Waals surface area contributed by atoms with Gasteiger partial charge in [0.1, 0.15) is 11.4 Å². The van der Waals surface area contributed by atoms with E-state index in [1.54, 1.807) is 32.9 Å². The average molecular weight is 395 g/mol. The molecular formula is C20H30FN3O4. The van der Waals surface area contributed by atoms with Crippen LogP contribution in [0.2, 0.25) is 0 Å². The Morgan fingerprint density at radius 1 is 0.964 bits per heavy atom. The molecule has 1 aromatic rings. The molecule has 0 fully saturated rings. The van der Waals surface area contributed by atoms with Gasteiger partial charge in [-0.15, -0.1) is 0 Å². The number of halogens is 1. The zero-order valence-corrected chi connectivity index (χ0v) is 16.8. The number of hydrogen-bond donors (Lipinski definition) is 3. The van der Waals surface area contributed by atoms with Gasteiger partial charge in [0.05, 0.1) is 0 Å². The molecule has 0 saturated carbocycles. The third-order valence-corrected chi connectivity index (χ3v) is 3.55. The van der Waals surface area contributed by atoms with Gasteiger partial charge in [-0.25, -0.2) is 9.18 Å². The molecule has 3 N–H and O–H groups in total. The molecule has 0 unspecified atom stereocenters. The number of alkyl carbamates (subject to hydrolysis) is 1. The van der Waals surface area contributed by atoms with E-state index in [1.165, 1.54) is 12.1 Å². The summed E-state index contributed by atoms with van der Waals surface area (Å²) in [7, 11) is 0. The van der Waals surface area contributed by atoms with E-state index in [-0.39, 0.29) is 37.0 Å². The van der Waals surface area contributed by atoms with Gasteiger partial charge < -0.3 is 20.7 Å². The molecule has 7 nitrogen and oxygen atoms in total. The van der Waals surface area contributed by atoms with Gasteiger partial charge in [0.2, 0.25) is 11.8 Å². The molecular weight excluding hydrogens is 365 g/mol. The van der Waals surface area contributed by atoms with Crippen LogP contribution in [-0.4, -0.2) is 43.1 Å². The van der Waals surface area contributed by atoms with Crippen molar-refractivity contribution in [3.63, 3.8) is 0 Å². The molecule has 0 heterocycles. The summed E-state index contributed by atoms with van der Waals surface area (Å²) >= 11 is 0. The molecule has 0 radical (unpaired) electrons. The molecule has 1 aromatic carbocycles. The fourth-order valence-electron chi connectivity index (χ4n) is 2.26. The highest BCUT2D eigenvalue weighted by molar-refractivity contribution is 5.77. The largest absolute Gasteiger partial charge is 0.444 e. The van der Waals surface area contributed by atoms with Crippen LogP contribution in [0.4, 0.5) is 9.18 Å². The smallest absolute Gasteiger partial charge is 0.407 e. The van der Waals surface area contributed by atoms with Gasteiger partial charge in [-0.1, -0.05) is 12.1 Å². The quantitative estimate of drug-likeness (QED) is 0.530. The lowest BCUT2D eigenvalue weighted by atomic mass is 10.1. The van der Waals surface area contributed by atoms with Gasteiger partial charge in [0.25, 0.3) is 0 Å². The van der Waals surface area contributed by atoms with Crippen LogP contribution in [0, 0.1) is 5.82 Å². The number of carbonyl (C=O) groups is 3. The molecule has 0 atom stereocenters. The van der Waals surface area contributed by atoms with Crippen LogP contribution in [0.5, 0.6) is 0 Å². The number of rotatable bonds is 10. The summed E-state index contributed by atoms with van der Waals surface area (Å²) in [6, 6.07) is 6.18. The summed E-state index contributed by atoms with van der Waals surface area (Å²) in [4.78, 5) is 34.9. The number of amides is 3. The third-order valence-electron chi connectivity index (χ3n) is 3.55. The van der Waals surface area contributed by atoms with Gasteiger partial charge in [-0.05, 0) is 51.3 Å². The van der Waals surface area contributed by atoms with Gasteiger partial charge >= 0.3 is 6.09 Å². The highest BCUT2D eigenvalue weighted by Crippen LogP contribution is 2.06. The van der Waals surface area contributed by atoms with Gasteiger partial charge in [0.15, 0.2) is 0 Å². The normalized spacial score (nSPS) is 10.9. The first-order valence-corrected chi connectivity index (χ1v) is 9.40. The van der Waals surface area contributed by atoms with E-state index in [2.05, 4.69) is 16.0 Å². The molecule has 156 valence electrons. The third kappa shape index (κ3) is 11.9. The predicted octanol–water partition coefficient (Wildman–Crippen LogP) is 2.30. The van der Waals surface area contributed by atoms with Crippen LogP contribution in [-0.2, 0) is 20.7 Å². The highest BCUT2D eigenvalue weighted by atomic mass is 19.1. The SMILES string of the molecule is CC(C)(C)OC(=O)NCCC(=O)NCCCNC(=O)CCc1cccc(F)c1. The molecule has 0 bridgehead atoms. The second-order valence-electron chi connectivity index (χ2n) is 7.36. The predicted molar refractivity (Wildman–Crippen MR) is 104 cm³/mol. The van der Waals surface area contributed by atoms with Crippen LogP contribution in [0.15, 0.2) is 24.3 Å². The summed E-state index contributed by atoms with van der Waals surface area (Å²) < 4.78 is 18.1. The van der Waals surface area contributed by atoms with E-state index in [1.807, 2.05) is 0 Å². The monoisotopic (exact) mass is 395 g/mol. The van der Waals surface area contributed by atoms with E-state index in [0.29, 0.717) is 25.9 Å². The van der Waals surface area contributed by atoms with E-state index < -0.39 is 11.7 Å². The van der Waals surface area contributed by atoms with Gasteiger partial charge in [-0.2, -0.15) is 0 Å². The van der Waals surface area contributed by atoms with Crippen molar-refractivity contribution < 1.29 is 23.5 Å². The fourth-order valence-corrected chi connectivity index (χ4v) is 2.26. The lowest BCUT2D eigenvalue weighted by molar-refractivity contribution is -0.121. The molecule has 0 aromatic heterocycles. The Labute approximate surface area is 165 Å². The summed E-state index contributed by atoms with van der Waals surface area (Å²) in [6.07, 6.45) is 0.953. The van der Waals surface area contributed by atoms with E-state index in [0.717, 1.165) is 5.56 Å². The Balaban J connectivity index is 2.03. The maximum atomic E-state index is 13.1. The molecule has 8 heteroatoms. The average Bonchev–Trinajstić information content (AvgIpc) is 2.58. The Kier molecular flexibility index (Phi) is 9.98. The van der Waals surface area contributed by atoms with Crippen molar-refractivity contribution in [2.24, 2.45) is 0 Å². The first kappa shape index (κ1) is 23.4. The Morgan fingerprint density at radius 3 is 2.21 bits per heavy atom. The first-order chi connectivity index (χ1) is 13.2. The topological polar surface area (TPSA) is 96.5 Å². The summed E-state index contributed by atoms with van der Waals surface area (Å²) in [6.45, 7) is 6.35. The van der Waals surface area contributed by atoms with Crippen LogP contribution in [0.1, 0.15) is 45.6 Å². The fraction of sp³-hybridized carbons (Fsp3) is 0.550. The van der Waals surface area contributed by atoms with Crippen LogP contribution in [0.3, 0.4) is 0 Å². The lowest BCUT2D eigenvalue weighted by Gasteiger charge is -2.19. The summed E-state index contributed by atoms with van der Waals surface area (Å²) in [5.41, 5.74) is 0.205. The van der Waals surface area contributed by atoms with E-state index >= 15 is 0 Å². The van der Waals surface area contributed by atoms with Crippen molar-refractivity contribution in [1.82, 2.24) is 16.0 Å². The van der Waals surface area contributed by atoms with Gasteiger partial charge in [-0.3, -0.25) is 9.59 Å². The number of ether oxygens (including phenoxy) is 1. The minimum absolute atomic E-state index is 0.114. The molecule has 0 aliphatic heterocycles. The Hall–Kier alpha value is -2.64. The molecule has 28 heavy (non-hydrogen) atoms. The second-order valence-corrected chi connectivity index (χ2v) is 7.36. The first-order valence-electron chi connectivity index (χ1n) is 9.40. The number of aryl methyl sites for hydroxylation is 1. The number of benzene rings is 1. The van der Waals surface area contributed by atoms with E-state index in [4.69, 9.17) is 4.74 Å². The standard InChI is InChI=1S/C20H30FN3O4/c1-20(2,3)28-19(27)24-13-10-18(26)23-12-5-11-22-17(25)9-8-15-6-4-7-16(21)14-15/h4,6-7,14H,5,8-13H2,1-3H3,(H,22,25)(H,23,26)(H,24,27). The zero-order chi connectivity index (χ0) is 21.0. The minimum atomic E-state index is -0.575. The lowest BCUT2D eigenvalue weighted by Crippen LogP contribution is -2.35. The summed E-state index contributed by atoms with van der Waals surface area (Å²) in [5.74, 6) is -0.611. The number of hydrogen-bond acceptors (Lipinski definition) is 4. The Bertz CT molecular complexity index is 659.